The molecule has 5 rings (SSSR count). The second-order valence-corrected chi connectivity index (χ2v) is 11.8. The fraction of sp³-hybridized carbons (Fsp3) is 0.452. The SMILES string of the molecule is CC(C)(C)OC(=O)c1cc2c(NC(=O)C(N)Cc3ccc(N4CCN(C5CCOCC5)CC4=O)cc3)cccc2[nH]1. The number of rotatable bonds is 7. The predicted molar refractivity (Wildman–Crippen MR) is 158 cm³/mol. The molecule has 2 fully saturated rings. The lowest BCUT2D eigenvalue weighted by molar-refractivity contribution is -0.122. The molecule has 2 aliphatic heterocycles. The molecule has 1 atom stereocenters. The standard InChI is InChI=1S/C31H39N5O5/c1-31(2,3)41-30(39)27-18-23-25(33-27)5-4-6-26(23)34-29(38)24(32)17-20-7-9-22(10-8-20)36-14-13-35(19-28(36)37)21-11-15-40-16-12-21/h4-10,18,21,24,33H,11-17,19,32H2,1-3H3,(H,34,38). The molecule has 0 bridgehead atoms. The number of hydrogen-bond acceptors (Lipinski definition) is 7. The summed E-state index contributed by atoms with van der Waals surface area (Å²) in [5, 5.41) is 3.60. The van der Waals surface area contributed by atoms with E-state index in [1.165, 1.54) is 0 Å². The number of ether oxygens (including phenoxy) is 2. The van der Waals surface area contributed by atoms with Gasteiger partial charge in [-0.05, 0) is 75.9 Å². The van der Waals surface area contributed by atoms with Crippen molar-refractivity contribution in [3.8, 4) is 0 Å². The summed E-state index contributed by atoms with van der Waals surface area (Å²) in [4.78, 5) is 45.6. The van der Waals surface area contributed by atoms with E-state index in [1.54, 1.807) is 18.2 Å². The first-order valence-corrected chi connectivity index (χ1v) is 14.2. The number of nitrogens with two attached hydrogens (primary N) is 1. The quantitative estimate of drug-likeness (QED) is 0.377. The number of esters is 1. The molecule has 2 saturated heterocycles. The van der Waals surface area contributed by atoms with Gasteiger partial charge in [-0.2, -0.15) is 0 Å². The maximum atomic E-state index is 13.0. The highest BCUT2D eigenvalue weighted by Crippen LogP contribution is 2.26. The molecule has 2 aliphatic rings. The Balaban J connectivity index is 1.18. The second-order valence-electron chi connectivity index (χ2n) is 11.8. The van der Waals surface area contributed by atoms with Gasteiger partial charge in [0, 0.05) is 48.9 Å². The molecular formula is C31H39N5O5. The van der Waals surface area contributed by atoms with E-state index < -0.39 is 17.6 Å². The van der Waals surface area contributed by atoms with Gasteiger partial charge < -0.3 is 30.4 Å². The van der Waals surface area contributed by atoms with Gasteiger partial charge in [-0.3, -0.25) is 14.5 Å². The number of piperazine rings is 1. The third-order valence-electron chi connectivity index (χ3n) is 7.54. The largest absolute Gasteiger partial charge is 0.455 e. The van der Waals surface area contributed by atoms with E-state index in [1.807, 2.05) is 56.0 Å². The Labute approximate surface area is 240 Å². The summed E-state index contributed by atoms with van der Waals surface area (Å²) in [5.74, 6) is -0.699. The Morgan fingerprint density at radius 3 is 2.54 bits per heavy atom. The van der Waals surface area contributed by atoms with Crippen molar-refractivity contribution in [2.24, 2.45) is 5.73 Å². The molecule has 41 heavy (non-hydrogen) atoms. The number of aromatic nitrogens is 1. The average molecular weight is 562 g/mol. The highest BCUT2D eigenvalue weighted by atomic mass is 16.6. The van der Waals surface area contributed by atoms with Crippen molar-refractivity contribution in [1.29, 1.82) is 0 Å². The molecule has 4 N–H and O–H groups in total. The number of carbonyl (C=O) groups is 3. The van der Waals surface area contributed by atoms with Crippen LogP contribution in [0.2, 0.25) is 0 Å². The van der Waals surface area contributed by atoms with Crippen molar-refractivity contribution in [3.05, 3.63) is 59.8 Å². The summed E-state index contributed by atoms with van der Waals surface area (Å²) in [6, 6.07) is 14.4. The molecule has 3 heterocycles. The fourth-order valence-electron chi connectivity index (χ4n) is 5.42. The van der Waals surface area contributed by atoms with E-state index in [4.69, 9.17) is 15.2 Å². The monoisotopic (exact) mass is 561 g/mol. The zero-order valence-corrected chi connectivity index (χ0v) is 23.9. The summed E-state index contributed by atoms with van der Waals surface area (Å²) in [6.07, 6.45) is 2.29. The van der Waals surface area contributed by atoms with Crippen LogP contribution in [0.3, 0.4) is 0 Å². The highest BCUT2D eigenvalue weighted by Gasteiger charge is 2.30. The summed E-state index contributed by atoms with van der Waals surface area (Å²) in [5.41, 5.74) is 8.98. The van der Waals surface area contributed by atoms with Crippen LogP contribution in [0, 0.1) is 0 Å². The van der Waals surface area contributed by atoms with E-state index in [0.29, 0.717) is 47.8 Å². The maximum absolute atomic E-state index is 13.0. The van der Waals surface area contributed by atoms with Crippen molar-refractivity contribution < 1.29 is 23.9 Å². The number of fused-ring (bicyclic) bond motifs is 1. The summed E-state index contributed by atoms with van der Waals surface area (Å²) in [6.45, 7) is 8.86. The zero-order chi connectivity index (χ0) is 29.1. The van der Waals surface area contributed by atoms with Crippen molar-refractivity contribution in [3.63, 3.8) is 0 Å². The Morgan fingerprint density at radius 2 is 1.85 bits per heavy atom. The van der Waals surface area contributed by atoms with Gasteiger partial charge in [-0.25, -0.2) is 4.79 Å². The van der Waals surface area contributed by atoms with Crippen LogP contribution in [0.1, 0.15) is 49.7 Å². The third kappa shape index (κ3) is 6.95. The van der Waals surface area contributed by atoms with E-state index in [9.17, 15) is 14.4 Å². The lowest BCUT2D eigenvalue weighted by Gasteiger charge is -2.40. The van der Waals surface area contributed by atoms with Gasteiger partial charge in [-0.15, -0.1) is 0 Å². The van der Waals surface area contributed by atoms with Gasteiger partial charge in [0.2, 0.25) is 11.8 Å². The van der Waals surface area contributed by atoms with E-state index in [2.05, 4.69) is 15.2 Å². The van der Waals surface area contributed by atoms with Crippen LogP contribution in [0.25, 0.3) is 10.9 Å². The number of carbonyl (C=O) groups excluding carboxylic acids is 3. The lowest BCUT2D eigenvalue weighted by Crippen LogP contribution is -2.54. The Kier molecular flexibility index (Phi) is 8.44. The van der Waals surface area contributed by atoms with Gasteiger partial charge in [0.25, 0.3) is 0 Å². The molecule has 1 unspecified atom stereocenters. The third-order valence-corrected chi connectivity index (χ3v) is 7.54. The number of nitrogens with zero attached hydrogens (tertiary/aromatic N) is 2. The molecule has 1 aromatic heterocycles. The molecule has 3 aromatic rings. The van der Waals surface area contributed by atoms with E-state index in [-0.39, 0.29) is 11.8 Å². The van der Waals surface area contributed by atoms with Gasteiger partial charge in [-0.1, -0.05) is 18.2 Å². The first kappa shape index (κ1) is 28.8. The minimum absolute atomic E-state index is 0.0975. The summed E-state index contributed by atoms with van der Waals surface area (Å²) in [7, 11) is 0. The van der Waals surface area contributed by atoms with Crippen LogP contribution >= 0.6 is 0 Å². The number of benzene rings is 2. The Morgan fingerprint density at radius 1 is 1.12 bits per heavy atom. The van der Waals surface area contributed by atoms with Crippen molar-refractivity contribution >= 4 is 40.1 Å². The van der Waals surface area contributed by atoms with E-state index in [0.717, 1.165) is 43.9 Å². The lowest BCUT2D eigenvalue weighted by atomic mass is 10.0. The molecule has 2 amide bonds. The first-order valence-electron chi connectivity index (χ1n) is 14.2. The first-order chi connectivity index (χ1) is 19.6. The molecule has 0 aliphatic carbocycles. The topological polar surface area (TPSA) is 130 Å². The van der Waals surface area contributed by atoms with E-state index >= 15 is 0 Å². The minimum Gasteiger partial charge on any atom is -0.455 e. The van der Waals surface area contributed by atoms with Crippen molar-refractivity contribution in [1.82, 2.24) is 9.88 Å². The van der Waals surface area contributed by atoms with Crippen LogP contribution in [0.4, 0.5) is 11.4 Å². The molecule has 2 aromatic carbocycles. The van der Waals surface area contributed by atoms with Crippen LogP contribution < -0.4 is 16.0 Å². The molecule has 0 spiro atoms. The second kappa shape index (κ2) is 12.0. The summed E-state index contributed by atoms with van der Waals surface area (Å²) < 4.78 is 10.9. The number of hydrogen-bond donors (Lipinski definition) is 3. The van der Waals surface area contributed by atoms with Crippen LogP contribution in [0.15, 0.2) is 48.5 Å². The number of H-pyrrole nitrogens is 1. The maximum Gasteiger partial charge on any atom is 0.355 e. The van der Waals surface area contributed by atoms with Crippen LogP contribution in [-0.2, 0) is 25.5 Å². The molecule has 10 nitrogen and oxygen atoms in total. The van der Waals surface area contributed by atoms with Crippen molar-refractivity contribution in [2.45, 2.75) is 57.7 Å². The Bertz CT molecular complexity index is 1400. The normalized spacial score (nSPS) is 18.0. The molecular weight excluding hydrogens is 522 g/mol. The van der Waals surface area contributed by atoms with Gasteiger partial charge >= 0.3 is 5.97 Å². The average Bonchev–Trinajstić information content (AvgIpc) is 3.39. The minimum atomic E-state index is -0.787. The van der Waals surface area contributed by atoms with Crippen molar-refractivity contribution in [2.75, 3.05) is 43.1 Å². The number of amides is 2. The zero-order valence-electron chi connectivity index (χ0n) is 23.9. The van der Waals surface area contributed by atoms with Gasteiger partial charge in [0.1, 0.15) is 11.3 Å². The molecule has 0 saturated carbocycles. The van der Waals surface area contributed by atoms with Crippen LogP contribution in [0.5, 0.6) is 0 Å². The number of nitrogens with one attached hydrogen (secondary N) is 2. The predicted octanol–water partition coefficient (Wildman–Crippen LogP) is 3.46. The fourth-order valence-corrected chi connectivity index (χ4v) is 5.42. The number of anilines is 2. The molecule has 218 valence electrons. The summed E-state index contributed by atoms with van der Waals surface area (Å²) >= 11 is 0. The van der Waals surface area contributed by atoms with Crippen LogP contribution in [-0.4, -0.2) is 78.2 Å². The van der Waals surface area contributed by atoms with Gasteiger partial charge in [0.15, 0.2) is 0 Å². The smallest absolute Gasteiger partial charge is 0.355 e. The molecule has 10 heteroatoms. The Hall–Kier alpha value is -3.73. The highest BCUT2D eigenvalue weighted by molar-refractivity contribution is 6.05. The molecule has 0 radical (unpaired) electrons. The van der Waals surface area contributed by atoms with Gasteiger partial charge in [0.05, 0.1) is 18.3 Å². The number of aromatic amines is 1.